The fraction of sp³-hybridized carbons (Fsp3) is 0.143. The number of hydrogen-bond donors (Lipinski definition) is 1. The zero-order valence-electron chi connectivity index (χ0n) is 9.79. The summed E-state index contributed by atoms with van der Waals surface area (Å²) in [7, 11) is 0. The third-order valence-electron chi connectivity index (χ3n) is 2.03. The van der Waals surface area contributed by atoms with Crippen molar-refractivity contribution >= 4 is 17.4 Å². The van der Waals surface area contributed by atoms with Crippen LogP contribution in [0.5, 0.6) is 0 Å². The number of nitrogens with one attached hydrogen (secondary N) is 1. The second-order valence-corrected chi connectivity index (χ2v) is 3.99. The SMILES string of the molecule is C=CC1=C(C=C)Sc2ccccc2N1.CC. The summed E-state index contributed by atoms with van der Waals surface area (Å²) in [5.41, 5.74) is 2.17. The Labute approximate surface area is 102 Å². The van der Waals surface area contributed by atoms with Crippen molar-refractivity contribution in [1.82, 2.24) is 0 Å². The third kappa shape index (κ3) is 2.58. The van der Waals surface area contributed by atoms with Gasteiger partial charge < -0.3 is 5.32 Å². The molecule has 0 fully saturated rings. The van der Waals surface area contributed by atoms with Gasteiger partial charge in [-0.15, -0.1) is 0 Å². The molecule has 1 heterocycles. The summed E-state index contributed by atoms with van der Waals surface area (Å²) in [6.07, 6.45) is 3.67. The fourth-order valence-electron chi connectivity index (χ4n) is 1.34. The average molecular weight is 231 g/mol. The molecule has 1 N–H and O–H groups in total. The van der Waals surface area contributed by atoms with Crippen LogP contribution in [0.1, 0.15) is 13.8 Å². The van der Waals surface area contributed by atoms with Crippen molar-refractivity contribution in [2.24, 2.45) is 0 Å². The molecule has 0 amide bonds. The van der Waals surface area contributed by atoms with E-state index in [1.165, 1.54) is 4.90 Å². The molecular formula is C14H17NS. The molecule has 0 radical (unpaired) electrons. The minimum absolute atomic E-state index is 1.03. The highest BCUT2D eigenvalue weighted by molar-refractivity contribution is 8.03. The maximum Gasteiger partial charge on any atom is 0.0526 e. The zero-order chi connectivity index (χ0) is 12.0. The van der Waals surface area contributed by atoms with Gasteiger partial charge in [0.15, 0.2) is 0 Å². The van der Waals surface area contributed by atoms with Gasteiger partial charge in [0.25, 0.3) is 0 Å². The first-order valence-corrected chi connectivity index (χ1v) is 6.20. The molecule has 84 valence electrons. The van der Waals surface area contributed by atoms with Crippen LogP contribution in [0.15, 0.2) is 65.1 Å². The minimum Gasteiger partial charge on any atom is -0.354 e. The summed E-state index contributed by atoms with van der Waals surface area (Å²) < 4.78 is 0. The van der Waals surface area contributed by atoms with Crippen LogP contribution in [0.3, 0.4) is 0 Å². The van der Waals surface area contributed by atoms with E-state index in [0.29, 0.717) is 0 Å². The number of rotatable bonds is 2. The van der Waals surface area contributed by atoms with Gasteiger partial charge in [-0.25, -0.2) is 0 Å². The Bertz CT molecular complexity index is 379. The fourth-order valence-corrected chi connectivity index (χ4v) is 2.28. The van der Waals surface area contributed by atoms with E-state index in [1.54, 1.807) is 11.8 Å². The van der Waals surface area contributed by atoms with E-state index in [9.17, 15) is 0 Å². The maximum absolute atomic E-state index is 3.79. The molecule has 1 aromatic rings. The van der Waals surface area contributed by atoms with Crippen LogP contribution < -0.4 is 5.32 Å². The van der Waals surface area contributed by atoms with Crippen LogP contribution in [-0.4, -0.2) is 0 Å². The molecule has 2 heteroatoms. The van der Waals surface area contributed by atoms with E-state index in [-0.39, 0.29) is 0 Å². The van der Waals surface area contributed by atoms with Crippen LogP contribution in [0.2, 0.25) is 0 Å². The number of hydrogen-bond acceptors (Lipinski definition) is 2. The molecule has 2 rings (SSSR count). The molecule has 0 saturated carbocycles. The standard InChI is InChI=1S/C12H11NS.C2H6/c1-3-9-11(4-2)14-12-8-6-5-7-10(12)13-9;1-2/h3-8,13H,1-2H2;1-2H3. The first kappa shape index (κ1) is 12.7. The van der Waals surface area contributed by atoms with E-state index >= 15 is 0 Å². The van der Waals surface area contributed by atoms with Gasteiger partial charge in [-0.1, -0.05) is 57.0 Å². The van der Waals surface area contributed by atoms with E-state index in [4.69, 9.17) is 0 Å². The van der Waals surface area contributed by atoms with E-state index in [0.717, 1.165) is 16.3 Å². The van der Waals surface area contributed by atoms with Crippen LogP contribution in [0, 0.1) is 0 Å². The summed E-state index contributed by atoms with van der Waals surface area (Å²) in [4.78, 5) is 2.35. The van der Waals surface area contributed by atoms with E-state index < -0.39 is 0 Å². The largest absolute Gasteiger partial charge is 0.354 e. The molecule has 0 unspecified atom stereocenters. The summed E-state index contributed by atoms with van der Waals surface area (Å²) >= 11 is 1.72. The van der Waals surface area contributed by atoms with Crippen molar-refractivity contribution in [2.45, 2.75) is 18.7 Å². The van der Waals surface area contributed by atoms with Crippen LogP contribution in [-0.2, 0) is 0 Å². The Kier molecular flexibility index (Phi) is 4.93. The maximum atomic E-state index is 3.79. The topological polar surface area (TPSA) is 12.0 Å². The van der Waals surface area contributed by atoms with Crippen molar-refractivity contribution in [3.8, 4) is 0 Å². The lowest BCUT2D eigenvalue weighted by atomic mass is 10.3. The lowest BCUT2D eigenvalue weighted by molar-refractivity contribution is 1.35. The number of benzene rings is 1. The Morgan fingerprint density at radius 2 is 1.81 bits per heavy atom. The molecule has 0 spiro atoms. The van der Waals surface area contributed by atoms with Gasteiger partial charge in [0.2, 0.25) is 0 Å². The van der Waals surface area contributed by atoms with E-state index in [2.05, 4.69) is 30.6 Å². The third-order valence-corrected chi connectivity index (χ3v) is 3.21. The van der Waals surface area contributed by atoms with Crippen molar-refractivity contribution in [2.75, 3.05) is 5.32 Å². The minimum atomic E-state index is 1.03. The molecule has 0 bridgehead atoms. The quantitative estimate of drug-likeness (QED) is 0.783. The predicted molar refractivity (Wildman–Crippen MR) is 74.7 cm³/mol. The highest BCUT2D eigenvalue weighted by Crippen LogP contribution is 2.39. The molecule has 0 atom stereocenters. The molecule has 1 aromatic carbocycles. The lowest BCUT2D eigenvalue weighted by Gasteiger charge is -2.20. The van der Waals surface area contributed by atoms with Crippen LogP contribution in [0.4, 0.5) is 5.69 Å². The molecule has 16 heavy (non-hydrogen) atoms. The van der Waals surface area contributed by atoms with Crippen LogP contribution in [0.25, 0.3) is 0 Å². The second kappa shape index (κ2) is 6.23. The first-order valence-electron chi connectivity index (χ1n) is 5.38. The molecule has 0 aromatic heterocycles. The van der Waals surface area contributed by atoms with E-state index in [1.807, 2.05) is 38.1 Å². The number of para-hydroxylation sites is 1. The van der Waals surface area contributed by atoms with Gasteiger partial charge in [-0.2, -0.15) is 0 Å². The molecule has 1 nitrogen and oxygen atoms in total. The van der Waals surface area contributed by atoms with Crippen molar-refractivity contribution in [3.05, 3.63) is 60.2 Å². The summed E-state index contributed by atoms with van der Waals surface area (Å²) in [5.74, 6) is 0. The summed E-state index contributed by atoms with van der Waals surface area (Å²) in [6, 6.07) is 8.21. The molecule has 1 aliphatic rings. The van der Waals surface area contributed by atoms with Crippen molar-refractivity contribution < 1.29 is 0 Å². The second-order valence-electron chi connectivity index (χ2n) is 2.91. The highest BCUT2D eigenvalue weighted by atomic mass is 32.2. The van der Waals surface area contributed by atoms with Gasteiger partial charge in [0.1, 0.15) is 0 Å². The molecule has 1 aliphatic heterocycles. The first-order chi connectivity index (χ1) is 7.85. The summed E-state index contributed by atoms with van der Waals surface area (Å²) in [6.45, 7) is 11.6. The molecular weight excluding hydrogens is 214 g/mol. The van der Waals surface area contributed by atoms with Gasteiger partial charge >= 0.3 is 0 Å². The monoisotopic (exact) mass is 231 g/mol. The number of thioether (sulfide) groups is 1. The van der Waals surface area contributed by atoms with Gasteiger partial charge in [-0.3, -0.25) is 0 Å². The Hall–Kier alpha value is -1.41. The van der Waals surface area contributed by atoms with Crippen molar-refractivity contribution in [3.63, 3.8) is 0 Å². The number of fused-ring (bicyclic) bond motifs is 1. The number of anilines is 1. The summed E-state index contributed by atoms with van der Waals surface area (Å²) in [5, 5.41) is 3.32. The number of allylic oxidation sites excluding steroid dienone is 2. The lowest BCUT2D eigenvalue weighted by Crippen LogP contribution is -2.04. The Morgan fingerprint density at radius 1 is 1.12 bits per heavy atom. The predicted octanol–water partition coefficient (Wildman–Crippen LogP) is 4.81. The molecule has 0 aliphatic carbocycles. The Morgan fingerprint density at radius 3 is 2.44 bits per heavy atom. The van der Waals surface area contributed by atoms with Crippen LogP contribution >= 0.6 is 11.8 Å². The van der Waals surface area contributed by atoms with Gasteiger partial charge in [0.05, 0.1) is 11.4 Å². The zero-order valence-corrected chi connectivity index (χ0v) is 10.6. The smallest absolute Gasteiger partial charge is 0.0526 e. The van der Waals surface area contributed by atoms with Gasteiger partial charge in [0, 0.05) is 9.80 Å². The normalized spacial score (nSPS) is 12.9. The average Bonchev–Trinajstić information content (AvgIpc) is 2.39. The van der Waals surface area contributed by atoms with Gasteiger partial charge in [-0.05, 0) is 18.2 Å². The Balaban J connectivity index is 0.000000606. The van der Waals surface area contributed by atoms with Crippen molar-refractivity contribution in [1.29, 1.82) is 0 Å². The highest BCUT2D eigenvalue weighted by Gasteiger charge is 2.13. The molecule has 0 saturated heterocycles.